The summed E-state index contributed by atoms with van der Waals surface area (Å²) in [6.07, 6.45) is 2.46. The van der Waals surface area contributed by atoms with Gasteiger partial charge in [0, 0.05) is 51.1 Å². The summed E-state index contributed by atoms with van der Waals surface area (Å²) >= 11 is 0. The van der Waals surface area contributed by atoms with Gasteiger partial charge in [-0.3, -0.25) is 4.90 Å². The first-order valence-corrected chi connectivity index (χ1v) is 9.49. The molecule has 0 aliphatic carbocycles. The fourth-order valence-electron chi connectivity index (χ4n) is 3.41. The highest BCUT2D eigenvalue weighted by atomic mass is 19.1. The molecule has 1 saturated heterocycles. The average Bonchev–Trinajstić information content (AvgIpc) is 2.65. The van der Waals surface area contributed by atoms with Gasteiger partial charge in [0.2, 0.25) is 5.95 Å². The maximum Gasteiger partial charge on any atom is 0.227 e. The molecule has 2 aromatic rings. The molecule has 0 amide bonds. The quantitative estimate of drug-likeness (QED) is 0.778. The molecule has 27 heavy (non-hydrogen) atoms. The minimum Gasteiger partial charge on any atom is -0.396 e. The smallest absolute Gasteiger partial charge is 0.227 e. The molecule has 1 fully saturated rings. The minimum absolute atomic E-state index is 0.133. The number of hydrogen-bond acceptors (Lipinski definition) is 6. The number of halogens is 1. The number of piperazine rings is 1. The van der Waals surface area contributed by atoms with Gasteiger partial charge < -0.3 is 15.3 Å². The van der Waals surface area contributed by atoms with Gasteiger partial charge in [0.05, 0.1) is 0 Å². The molecule has 0 unspecified atom stereocenters. The van der Waals surface area contributed by atoms with Gasteiger partial charge in [-0.15, -0.1) is 0 Å². The molecule has 2 N–H and O–H groups in total. The predicted octanol–water partition coefficient (Wildman–Crippen LogP) is 2.51. The number of aromatic nitrogens is 2. The third kappa shape index (κ3) is 5.37. The zero-order chi connectivity index (χ0) is 19.2. The summed E-state index contributed by atoms with van der Waals surface area (Å²) in [4.78, 5) is 13.6. The van der Waals surface area contributed by atoms with Crippen LogP contribution in [-0.2, 0) is 6.54 Å². The van der Waals surface area contributed by atoms with Crippen LogP contribution < -0.4 is 10.2 Å². The Morgan fingerprint density at radius 1 is 1.22 bits per heavy atom. The van der Waals surface area contributed by atoms with E-state index in [0.717, 1.165) is 37.6 Å². The second-order valence-electron chi connectivity index (χ2n) is 7.25. The van der Waals surface area contributed by atoms with E-state index in [4.69, 9.17) is 0 Å². The van der Waals surface area contributed by atoms with E-state index in [0.29, 0.717) is 18.4 Å². The van der Waals surface area contributed by atoms with Crippen LogP contribution in [0.15, 0.2) is 36.5 Å². The number of aliphatic hydroxyl groups is 1. The first-order chi connectivity index (χ1) is 13.0. The van der Waals surface area contributed by atoms with Crippen molar-refractivity contribution in [2.24, 2.45) is 0 Å². The van der Waals surface area contributed by atoms with Crippen LogP contribution in [0, 0.1) is 5.82 Å². The van der Waals surface area contributed by atoms with Crippen molar-refractivity contribution in [2.45, 2.75) is 38.9 Å². The van der Waals surface area contributed by atoms with Gasteiger partial charge in [-0.25, -0.2) is 9.37 Å². The lowest BCUT2D eigenvalue weighted by Crippen LogP contribution is -2.53. The van der Waals surface area contributed by atoms with E-state index >= 15 is 0 Å². The van der Waals surface area contributed by atoms with Gasteiger partial charge in [-0.1, -0.05) is 12.1 Å². The van der Waals surface area contributed by atoms with Crippen molar-refractivity contribution < 1.29 is 9.50 Å². The van der Waals surface area contributed by atoms with E-state index < -0.39 is 0 Å². The van der Waals surface area contributed by atoms with Gasteiger partial charge >= 0.3 is 0 Å². The number of benzene rings is 1. The largest absolute Gasteiger partial charge is 0.396 e. The summed E-state index contributed by atoms with van der Waals surface area (Å²) in [6, 6.07) is 9.01. The van der Waals surface area contributed by atoms with Crippen molar-refractivity contribution >= 4 is 11.8 Å². The molecule has 6 nitrogen and oxygen atoms in total. The highest BCUT2D eigenvalue weighted by molar-refractivity contribution is 5.42. The lowest BCUT2D eigenvalue weighted by atomic mass is 10.1. The van der Waals surface area contributed by atoms with E-state index in [-0.39, 0.29) is 18.5 Å². The molecule has 0 bridgehead atoms. The van der Waals surface area contributed by atoms with Crippen LogP contribution in [0.4, 0.5) is 16.2 Å². The Morgan fingerprint density at radius 2 is 2.00 bits per heavy atom. The molecule has 3 rings (SSSR count). The first kappa shape index (κ1) is 19.5. The first-order valence-electron chi connectivity index (χ1n) is 9.49. The van der Waals surface area contributed by atoms with Crippen LogP contribution in [-0.4, -0.2) is 58.3 Å². The third-order valence-corrected chi connectivity index (χ3v) is 4.73. The van der Waals surface area contributed by atoms with Crippen molar-refractivity contribution in [1.29, 1.82) is 0 Å². The Bertz CT molecular complexity index is 725. The summed E-state index contributed by atoms with van der Waals surface area (Å²) in [5, 5.41) is 12.8. The van der Waals surface area contributed by atoms with Crippen molar-refractivity contribution in [2.75, 3.05) is 36.5 Å². The van der Waals surface area contributed by atoms with Crippen LogP contribution in [0.3, 0.4) is 0 Å². The van der Waals surface area contributed by atoms with E-state index in [1.807, 2.05) is 18.2 Å². The number of aliphatic hydroxyl groups excluding tert-OH is 1. The van der Waals surface area contributed by atoms with E-state index in [9.17, 15) is 9.50 Å². The Hall–Kier alpha value is -2.25. The summed E-state index contributed by atoms with van der Waals surface area (Å²) in [7, 11) is 0. The molecular formula is C20H28FN5O. The van der Waals surface area contributed by atoms with E-state index in [1.165, 1.54) is 12.1 Å². The number of rotatable bonds is 7. The van der Waals surface area contributed by atoms with Crippen molar-refractivity contribution in [3.63, 3.8) is 0 Å². The van der Waals surface area contributed by atoms with Crippen molar-refractivity contribution in [1.82, 2.24) is 14.9 Å². The summed E-state index contributed by atoms with van der Waals surface area (Å²) in [5.41, 5.74) is 1.08. The van der Waals surface area contributed by atoms with Gasteiger partial charge in [-0.05, 0) is 44.0 Å². The normalized spacial score (nSPS) is 18.1. The number of nitrogens with one attached hydrogen (secondary N) is 1. The van der Waals surface area contributed by atoms with Crippen LogP contribution >= 0.6 is 0 Å². The fraction of sp³-hybridized carbons (Fsp3) is 0.500. The average molecular weight is 373 g/mol. The van der Waals surface area contributed by atoms with Gasteiger partial charge in [-0.2, -0.15) is 4.98 Å². The van der Waals surface area contributed by atoms with Crippen LogP contribution in [0.25, 0.3) is 0 Å². The van der Waals surface area contributed by atoms with Crippen LogP contribution in [0.2, 0.25) is 0 Å². The summed E-state index contributed by atoms with van der Waals surface area (Å²) in [6.45, 7) is 7.44. The van der Waals surface area contributed by atoms with E-state index in [2.05, 4.69) is 38.9 Å². The molecule has 1 aliphatic rings. The number of nitrogens with zero attached hydrogens (tertiary/aromatic N) is 4. The molecule has 2 heterocycles. The van der Waals surface area contributed by atoms with Gasteiger partial charge in [0.1, 0.15) is 11.6 Å². The van der Waals surface area contributed by atoms with Crippen LogP contribution in [0.5, 0.6) is 0 Å². The molecule has 7 heteroatoms. The predicted molar refractivity (Wildman–Crippen MR) is 105 cm³/mol. The fourth-order valence-corrected chi connectivity index (χ4v) is 3.41. The second kappa shape index (κ2) is 9.10. The maximum absolute atomic E-state index is 13.1. The SMILES string of the molecule is CC(C)Nc1ccnc(N2CCN(Cc3ccc(F)cc3)[C@H](CCO)C2)n1. The molecule has 1 aromatic heterocycles. The molecule has 1 aliphatic heterocycles. The standard InChI is InChI=1S/C20H28FN5O/c1-15(2)23-19-7-9-22-20(24-19)26-11-10-25(18(14-26)8-12-27)13-16-3-5-17(21)6-4-16/h3-7,9,15,18,27H,8,10-14H2,1-2H3,(H,22,23,24)/t18-/m1/s1. The molecule has 1 aromatic carbocycles. The van der Waals surface area contributed by atoms with Gasteiger partial charge in [0.15, 0.2) is 0 Å². The summed E-state index contributed by atoms with van der Waals surface area (Å²) < 4.78 is 13.1. The van der Waals surface area contributed by atoms with Crippen molar-refractivity contribution in [3.8, 4) is 0 Å². The maximum atomic E-state index is 13.1. The zero-order valence-corrected chi connectivity index (χ0v) is 16.0. The minimum atomic E-state index is -0.220. The highest BCUT2D eigenvalue weighted by Crippen LogP contribution is 2.21. The Balaban J connectivity index is 1.69. The second-order valence-corrected chi connectivity index (χ2v) is 7.25. The molecule has 0 saturated carbocycles. The Labute approximate surface area is 160 Å². The van der Waals surface area contributed by atoms with Gasteiger partial charge in [0.25, 0.3) is 0 Å². The number of anilines is 2. The molecule has 1 atom stereocenters. The molecule has 146 valence electrons. The zero-order valence-electron chi connectivity index (χ0n) is 16.0. The van der Waals surface area contributed by atoms with Crippen molar-refractivity contribution in [3.05, 3.63) is 47.9 Å². The Kier molecular flexibility index (Phi) is 6.58. The van der Waals surface area contributed by atoms with Crippen LogP contribution in [0.1, 0.15) is 25.8 Å². The molecule has 0 radical (unpaired) electrons. The highest BCUT2D eigenvalue weighted by Gasteiger charge is 2.28. The third-order valence-electron chi connectivity index (χ3n) is 4.73. The lowest BCUT2D eigenvalue weighted by molar-refractivity contribution is 0.135. The monoisotopic (exact) mass is 373 g/mol. The van der Waals surface area contributed by atoms with E-state index in [1.54, 1.807) is 6.20 Å². The summed E-state index contributed by atoms with van der Waals surface area (Å²) in [5.74, 6) is 1.31. The molecular weight excluding hydrogens is 345 g/mol. The topological polar surface area (TPSA) is 64.5 Å². The number of hydrogen-bond donors (Lipinski definition) is 2. The lowest BCUT2D eigenvalue weighted by Gasteiger charge is -2.41. The molecule has 0 spiro atoms. The Morgan fingerprint density at radius 3 is 2.70 bits per heavy atom.